The lowest BCUT2D eigenvalue weighted by Gasteiger charge is -2.05. The molecule has 1 unspecified atom stereocenters. The standard InChI is InChI=1S/C9H12N4OS/c1-6(8-11-7(2)12-14-8)15-9-10-4-5-13(9)3/h4-6H,1-3H3. The van der Waals surface area contributed by atoms with E-state index in [1.807, 2.05) is 31.7 Å². The summed E-state index contributed by atoms with van der Waals surface area (Å²) in [6.07, 6.45) is 3.68. The number of aryl methyl sites for hydroxylation is 2. The van der Waals surface area contributed by atoms with Crippen molar-refractivity contribution >= 4 is 11.8 Å². The first-order valence-corrected chi connectivity index (χ1v) is 5.49. The second-order valence-electron chi connectivity index (χ2n) is 3.26. The minimum Gasteiger partial charge on any atom is -0.338 e. The van der Waals surface area contributed by atoms with Gasteiger partial charge in [0.15, 0.2) is 11.0 Å². The van der Waals surface area contributed by atoms with E-state index in [9.17, 15) is 0 Å². The van der Waals surface area contributed by atoms with Crippen molar-refractivity contribution in [3.63, 3.8) is 0 Å². The van der Waals surface area contributed by atoms with Crippen LogP contribution in [0, 0.1) is 6.92 Å². The highest BCUT2D eigenvalue weighted by molar-refractivity contribution is 7.99. The SMILES string of the molecule is Cc1noc(C(C)Sc2nccn2C)n1. The van der Waals surface area contributed by atoms with E-state index in [0.29, 0.717) is 11.7 Å². The Hall–Kier alpha value is -1.30. The Balaban J connectivity index is 2.10. The second-order valence-corrected chi connectivity index (χ2v) is 4.57. The van der Waals surface area contributed by atoms with Gasteiger partial charge in [0.1, 0.15) is 0 Å². The molecular weight excluding hydrogens is 212 g/mol. The van der Waals surface area contributed by atoms with Gasteiger partial charge in [0.05, 0.1) is 5.25 Å². The van der Waals surface area contributed by atoms with Crippen LogP contribution in [0.25, 0.3) is 0 Å². The van der Waals surface area contributed by atoms with E-state index in [1.165, 1.54) is 0 Å². The Morgan fingerprint density at radius 2 is 2.33 bits per heavy atom. The van der Waals surface area contributed by atoms with E-state index in [-0.39, 0.29) is 5.25 Å². The van der Waals surface area contributed by atoms with Gasteiger partial charge in [-0.05, 0) is 13.8 Å². The van der Waals surface area contributed by atoms with E-state index in [0.717, 1.165) is 5.16 Å². The normalized spacial score (nSPS) is 13.0. The Kier molecular flexibility index (Phi) is 2.77. The third kappa shape index (κ3) is 2.20. The lowest BCUT2D eigenvalue weighted by Crippen LogP contribution is -1.94. The van der Waals surface area contributed by atoms with Crippen LogP contribution in [-0.4, -0.2) is 19.7 Å². The van der Waals surface area contributed by atoms with Crippen molar-refractivity contribution < 1.29 is 4.52 Å². The van der Waals surface area contributed by atoms with E-state index in [1.54, 1.807) is 18.0 Å². The molecule has 2 aromatic rings. The molecule has 2 rings (SSSR count). The van der Waals surface area contributed by atoms with Crippen LogP contribution >= 0.6 is 11.8 Å². The predicted octanol–water partition coefficient (Wildman–Crippen LogP) is 1.96. The fourth-order valence-corrected chi connectivity index (χ4v) is 2.01. The van der Waals surface area contributed by atoms with Gasteiger partial charge in [-0.2, -0.15) is 4.98 Å². The van der Waals surface area contributed by atoms with Crippen LogP contribution < -0.4 is 0 Å². The third-order valence-electron chi connectivity index (χ3n) is 1.95. The topological polar surface area (TPSA) is 56.7 Å². The van der Waals surface area contributed by atoms with Crippen molar-refractivity contribution in [1.82, 2.24) is 19.7 Å². The Morgan fingerprint density at radius 1 is 1.53 bits per heavy atom. The molecule has 1 atom stereocenters. The summed E-state index contributed by atoms with van der Waals surface area (Å²) in [5.41, 5.74) is 0. The maximum atomic E-state index is 5.10. The number of hydrogen-bond donors (Lipinski definition) is 0. The van der Waals surface area contributed by atoms with Crippen molar-refractivity contribution in [1.29, 1.82) is 0 Å². The molecule has 15 heavy (non-hydrogen) atoms. The summed E-state index contributed by atoms with van der Waals surface area (Å²) in [5, 5.41) is 4.82. The molecule has 0 fully saturated rings. The number of hydrogen-bond acceptors (Lipinski definition) is 5. The maximum absolute atomic E-state index is 5.10. The summed E-state index contributed by atoms with van der Waals surface area (Å²) >= 11 is 1.60. The molecule has 0 saturated heterocycles. The van der Waals surface area contributed by atoms with Crippen molar-refractivity contribution in [3.8, 4) is 0 Å². The number of thioether (sulfide) groups is 1. The fraction of sp³-hybridized carbons (Fsp3) is 0.444. The number of imidazole rings is 1. The molecule has 80 valence electrons. The average Bonchev–Trinajstić information content (AvgIpc) is 2.77. The minimum absolute atomic E-state index is 0.118. The molecular formula is C9H12N4OS. The molecule has 5 nitrogen and oxygen atoms in total. The molecule has 0 amide bonds. The molecule has 2 heterocycles. The monoisotopic (exact) mass is 224 g/mol. The van der Waals surface area contributed by atoms with E-state index < -0.39 is 0 Å². The highest BCUT2D eigenvalue weighted by atomic mass is 32.2. The van der Waals surface area contributed by atoms with Gasteiger partial charge in [0.25, 0.3) is 0 Å². The van der Waals surface area contributed by atoms with Crippen LogP contribution in [0.4, 0.5) is 0 Å². The second kappa shape index (κ2) is 4.06. The van der Waals surface area contributed by atoms with E-state index in [2.05, 4.69) is 15.1 Å². The summed E-state index contributed by atoms with van der Waals surface area (Å²) in [5.74, 6) is 1.30. The molecule has 0 aromatic carbocycles. The first-order valence-electron chi connectivity index (χ1n) is 4.61. The van der Waals surface area contributed by atoms with Gasteiger partial charge >= 0.3 is 0 Å². The molecule has 0 aliphatic carbocycles. The molecule has 0 saturated carbocycles. The van der Waals surface area contributed by atoms with Gasteiger partial charge in [-0.15, -0.1) is 0 Å². The molecule has 0 aliphatic rings. The van der Waals surface area contributed by atoms with Crippen LogP contribution in [0.2, 0.25) is 0 Å². The van der Waals surface area contributed by atoms with Gasteiger partial charge < -0.3 is 9.09 Å². The molecule has 2 aromatic heterocycles. The first-order chi connectivity index (χ1) is 7.16. The molecule has 0 N–H and O–H groups in total. The van der Waals surface area contributed by atoms with Crippen molar-refractivity contribution in [2.24, 2.45) is 7.05 Å². The maximum Gasteiger partial charge on any atom is 0.239 e. The predicted molar refractivity (Wildman–Crippen MR) is 56.5 cm³/mol. The minimum atomic E-state index is 0.118. The smallest absolute Gasteiger partial charge is 0.239 e. The molecule has 0 aliphatic heterocycles. The van der Waals surface area contributed by atoms with Crippen LogP contribution in [-0.2, 0) is 7.05 Å². The summed E-state index contributed by atoms with van der Waals surface area (Å²) in [6.45, 7) is 3.83. The highest BCUT2D eigenvalue weighted by Gasteiger charge is 2.16. The van der Waals surface area contributed by atoms with E-state index in [4.69, 9.17) is 4.52 Å². The molecule has 0 spiro atoms. The summed E-state index contributed by atoms with van der Waals surface area (Å²) < 4.78 is 7.06. The largest absolute Gasteiger partial charge is 0.338 e. The summed E-state index contributed by atoms with van der Waals surface area (Å²) in [6, 6.07) is 0. The van der Waals surface area contributed by atoms with Crippen LogP contribution in [0.15, 0.2) is 22.1 Å². The van der Waals surface area contributed by atoms with Gasteiger partial charge in [-0.25, -0.2) is 4.98 Å². The van der Waals surface area contributed by atoms with Crippen molar-refractivity contribution in [2.75, 3.05) is 0 Å². The van der Waals surface area contributed by atoms with Crippen LogP contribution in [0.1, 0.15) is 23.9 Å². The molecule has 0 bridgehead atoms. The van der Waals surface area contributed by atoms with Gasteiger partial charge in [-0.3, -0.25) is 0 Å². The van der Waals surface area contributed by atoms with Crippen LogP contribution in [0.3, 0.4) is 0 Å². The quantitative estimate of drug-likeness (QED) is 0.746. The first kappa shape index (κ1) is 10.2. The lowest BCUT2D eigenvalue weighted by atomic mass is 10.5. The molecule has 0 radical (unpaired) electrons. The van der Waals surface area contributed by atoms with Crippen molar-refractivity contribution in [3.05, 3.63) is 24.1 Å². The fourth-order valence-electron chi connectivity index (χ4n) is 1.15. The number of nitrogens with zero attached hydrogens (tertiary/aromatic N) is 4. The average molecular weight is 224 g/mol. The Morgan fingerprint density at radius 3 is 2.87 bits per heavy atom. The van der Waals surface area contributed by atoms with Gasteiger partial charge in [0, 0.05) is 19.4 Å². The summed E-state index contributed by atoms with van der Waals surface area (Å²) in [4.78, 5) is 8.41. The highest BCUT2D eigenvalue weighted by Crippen LogP contribution is 2.32. The van der Waals surface area contributed by atoms with Gasteiger partial charge in [-0.1, -0.05) is 16.9 Å². The van der Waals surface area contributed by atoms with Crippen LogP contribution in [0.5, 0.6) is 0 Å². The number of aromatic nitrogens is 4. The zero-order chi connectivity index (χ0) is 10.8. The zero-order valence-corrected chi connectivity index (χ0v) is 9.65. The Labute approximate surface area is 91.9 Å². The van der Waals surface area contributed by atoms with Crippen molar-refractivity contribution in [2.45, 2.75) is 24.3 Å². The number of rotatable bonds is 3. The zero-order valence-electron chi connectivity index (χ0n) is 8.84. The van der Waals surface area contributed by atoms with Gasteiger partial charge in [0.2, 0.25) is 5.89 Å². The summed E-state index contributed by atoms with van der Waals surface area (Å²) in [7, 11) is 1.96. The molecule has 6 heteroatoms. The van der Waals surface area contributed by atoms with E-state index >= 15 is 0 Å². The Bertz CT molecular complexity index is 450. The third-order valence-corrected chi connectivity index (χ3v) is 3.11. The lowest BCUT2D eigenvalue weighted by molar-refractivity contribution is 0.376.